The Morgan fingerprint density at radius 1 is 0.396 bits per heavy atom. The second kappa shape index (κ2) is 12.5. The molecule has 0 aliphatic heterocycles. The highest BCUT2D eigenvalue weighted by Crippen LogP contribution is 2.52. The van der Waals surface area contributed by atoms with Crippen molar-refractivity contribution in [2.45, 2.75) is 19.3 Å². The number of thiophene rings is 1. The van der Waals surface area contributed by atoms with E-state index in [9.17, 15) is 0 Å². The summed E-state index contributed by atoms with van der Waals surface area (Å²) < 4.78 is 2.57. The molecule has 1 aliphatic carbocycles. The van der Waals surface area contributed by atoms with Crippen LogP contribution >= 0.6 is 11.3 Å². The number of anilines is 3. The van der Waals surface area contributed by atoms with E-state index < -0.39 is 0 Å². The van der Waals surface area contributed by atoms with Gasteiger partial charge in [0, 0.05) is 32.1 Å². The van der Waals surface area contributed by atoms with Gasteiger partial charge < -0.3 is 4.90 Å². The molecule has 1 heterocycles. The molecule has 0 N–H and O–H groups in total. The van der Waals surface area contributed by atoms with Gasteiger partial charge in [-0.15, -0.1) is 11.3 Å². The molecule has 1 aliphatic rings. The summed E-state index contributed by atoms with van der Waals surface area (Å²) in [7, 11) is 0. The molecule has 252 valence electrons. The summed E-state index contributed by atoms with van der Waals surface area (Å²) in [6.07, 6.45) is 0. The van der Waals surface area contributed by atoms with Gasteiger partial charge in [0.2, 0.25) is 0 Å². The van der Waals surface area contributed by atoms with E-state index in [1.807, 2.05) is 11.3 Å². The molecule has 0 spiro atoms. The lowest BCUT2D eigenvalue weighted by Crippen LogP contribution is -2.15. The second-order valence-corrected chi connectivity index (χ2v) is 15.6. The Bertz CT molecular complexity index is 2790. The van der Waals surface area contributed by atoms with Crippen molar-refractivity contribution in [3.05, 3.63) is 199 Å². The Balaban J connectivity index is 1.23. The van der Waals surface area contributed by atoms with Crippen LogP contribution in [0.25, 0.3) is 64.7 Å². The quantitative estimate of drug-likeness (QED) is 0.167. The lowest BCUT2D eigenvalue weighted by molar-refractivity contribution is 0.660. The highest BCUT2D eigenvalue weighted by Gasteiger charge is 2.35. The molecule has 0 amide bonds. The molecule has 9 aromatic rings. The minimum Gasteiger partial charge on any atom is -0.308 e. The van der Waals surface area contributed by atoms with Gasteiger partial charge in [0.05, 0.1) is 16.1 Å². The first-order valence-corrected chi connectivity index (χ1v) is 19.2. The third kappa shape index (κ3) is 5.21. The average Bonchev–Trinajstić information content (AvgIpc) is 3.71. The van der Waals surface area contributed by atoms with Crippen molar-refractivity contribution in [1.82, 2.24) is 0 Å². The molecule has 1 aromatic heterocycles. The zero-order valence-corrected chi connectivity index (χ0v) is 30.6. The molecule has 0 saturated heterocycles. The summed E-state index contributed by atoms with van der Waals surface area (Å²) in [5, 5.41) is 2.57. The summed E-state index contributed by atoms with van der Waals surface area (Å²) in [6.45, 7) is 4.73. The van der Waals surface area contributed by atoms with Gasteiger partial charge >= 0.3 is 0 Å². The molecule has 0 atom stereocenters. The molecule has 0 saturated carbocycles. The van der Waals surface area contributed by atoms with Gasteiger partial charge in [0.25, 0.3) is 0 Å². The van der Waals surface area contributed by atoms with E-state index in [4.69, 9.17) is 0 Å². The van der Waals surface area contributed by atoms with E-state index in [1.54, 1.807) is 0 Å². The smallest absolute Gasteiger partial charge is 0.0646 e. The maximum absolute atomic E-state index is 2.49. The molecule has 0 radical (unpaired) electrons. The Morgan fingerprint density at radius 2 is 1.00 bits per heavy atom. The number of fused-ring (bicyclic) bond motifs is 6. The average molecular weight is 696 g/mol. The summed E-state index contributed by atoms with van der Waals surface area (Å²) in [4.78, 5) is 2.49. The normalized spacial score (nSPS) is 12.9. The van der Waals surface area contributed by atoms with Gasteiger partial charge in [-0.05, 0) is 92.5 Å². The minimum absolute atomic E-state index is 0.0783. The van der Waals surface area contributed by atoms with Crippen LogP contribution in [0.4, 0.5) is 17.1 Å². The molecule has 2 heteroatoms. The standard InChI is InChI=1S/C51H37NS/c1-51(2)45-22-12-9-20-41(45)42-30-27-37(32-46(42)51)38-31-44-43-21-11-14-24-49(43)53-50(44)48(33-38)52(39-28-25-35(26-29-39)34-15-5-3-6-16-34)47-23-13-10-19-40(47)36-17-7-4-8-18-36/h3-33H,1-2H3. The molecular formula is C51H37NS. The SMILES string of the molecule is CC1(C)c2ccccc2-c2ccc(-c3cc(N(c4ccc(-c5ccccc5)cc4)c4ccccc4-c4ccccc4)c4sc5ccccc5c4c3)cc21. The van der Waals surface area contributed by atoms with Crippen molar-refractivity contribution in [1.29, 1.82) is 0 Å². The van der Waals surface area contributed by atoms with Crippen LogP contribution < -0.4 is 4.90 Å². The summed E-state index contributed by atoms with van der Waals surface area (Å²) in [5.74, 6) is 0. The van der Waals surface area contributed by atoms with Crippen molar-refractivity contribution in [3.63, 3.8) is 0 Å². The van der Waals surface area contributed by atoms with Gasteiger partial charge in [-0.1, -0.05) is 159 Å². The van der Waals surface area contributed by atoms with Gasteiger partial charge in [-0.2, -0.15) is 0 Å². The third-order valence-corrected chi connectivity index (χ3v) is 12.3. The molecule has 0 unspecified atom stereocenters. The Labute approximate surface area is 315 Å². The second-order valence-electron chi connectivity index (χ2n) is 14.5. The fourth-order valence-electron chi connectivity index (χ4n) is 8.40. The van der Waals surface area contributed by atoms with E-state index in [1.165, 1.54) is 81.5 Å². The van der Waals surface area contributed by atoms with Crippen molar-refractivity contribution < 1.29 is 0 Å². The fourth-order valence-corrected chi connectivity index (χ4v) is 9.59. The molecular weight excluding hydrogens is 659 g/mol. The van der Waals surface area contributed by atoms with E-state index in [2.05, 4.69) is 207 Å². The van der Waals surface area contributed by atoms with Crippen LogP contribution in [0.5, 0.6) is 0 Å². The largest absolute Gasteiger partial charge is 0.308 e. The molecule has 53 heavy (non-hydrogen) atoms. The van der Waals surface area contributed by atoms with Crippen LogP contribution in [0.3, 0.4) is 0 Å². The first-order valence-electron chi connectivity index (χ1n) is 18.3. The van der Waals surface area contributed by atoms with Crippen LogP contribution in [0.15, 0.2) is 188 Å². The minimum atomic E-state index is -0.0783. The van der Waals surface area contributed by atoms with Crippen molar-refractivity contribution >= 4 is 48.6 Å². The summed E-state index contributed by atoms with van der Waals surface area (Å²) in [5.41, 5.74) is 16.1. The van der Waals surface area contributed by atoms with E-state index in [0.29, 0.717) is 0 Å². The van der Waals surface area contributed by atoms with Crippen LogP contribution in [0.2, 0.25) is 0 Å². The first kappa shape index (κ1) is 31.5. The van der Waals surface area contributed by atoms with E-state index in [0.717, 1.165) is 11.4 Å². The number of nitrogens with zero attached hydrogens (tertiary/aromatic N) is 1. The highest BCUT2D eigenvalue weighted by molar-refractivity contribution is 7.26. The molecule has 1 nitrogen and oxygen atoms in total. The predicted octanol–water partition coefficient (Wildman–Crippen LogP) is 14.8. The van der Waals surface area contributed by atoms with Crippen molar-refractivity contribution in [3.8, 4) is 44.5 Å². The Hall–Kier alpha value is -6.22. The lowest BCUT2D eigenvalue weighted by atomic mass is 9.81. The molecule has 8 aromatic carbocycles. The van der Waals surface area contributed by atoms with E-state index in [-0.39, 0.29) is 5.41 Å². The zero-order chi connectivity index (χ0) is 35.5. The van der Waals surface area contributed by atoms with Crippen LogP contribution in [-0.4, -0.2) is 0 Å². The number of hydrogen-bond acceptors (Lipinski definition) is 2. The maximum atomic E-state index is 2.49. The Kier molecular flexibility index (Phi) is 7.42. The number of para-hydroxylation sites is 1. The third-order valence-electron chi connectivity index (χ3n) is 11.1. The van der Waals surface area contributed by atoms with Crippen LogP contribution in [-0.2, 0) is 5.41 Å². The molecule has 0 bridgehead atoms. The van der Waals surface area contributed by atoms with Gasteiger partial charge in [0.1, 0.15) is 0 Å². The van der Waals surface area contributed by atoms with Gasteiger partial charge in [-0.3, -0.25) is 0 Å². The lowest BCUT2D eigenvalue weighted by Gasteiger charge is -2.29. The number of hydrogen-bond donors (Lipinski definition) is 0. The van der Waals surface area contributed by atoms with E-state index >= 15 is 0 Å². The Morgan fingerprint density at radius 3 is 1.79 bits per heavy atom. The van der Waals surface area contributed by atoms with Gasteiger partial charge in [-0.25, -0.2) is 0 Å². The fraction of sp³-hybridized carbons (Fsp3) is 0.0588. The zero-order valence-electron chi connectivity index (χ0n) is 29.8. The first-order chi connectivity index (χ1) is 26.0. The summed E-state index contributed by atoms with van der Waals surface area (Å²) >= 11 is 1.88. The van der Waals surface area contributed by atoms with Crippen molar-refractivity contribution in [2.75, 3.05) is 4.90 Å². The van der Waals surface area contributed by atoms with Crippen LogP contribution in [0.1, 0.15) is 25.0 Å². The van der Waals surface area contributed by atoms with Gasteiger partial charge in [0.15, 0.2) is 0 Å². The van der Waals surface area contributed by atoms with Crippen LogP contribution in [0, 0.1) is 0 Å². The molecule has 10 rings (SSSR count). The topological polar surface area (TPSA) is 3.24 Å². The number of rotatable bonds is 6. The highest BCUT2D eigenvalue weighted by atomic mass is 32.1. The predicted molar refractivity (Wildman–Crippen MR) is 228 cm³/mol. The van der Waals surface area contributed by atoms with Crippen molar-refractivity contribution in [2.24, 2.45) is 0 Å². The summed E-state index contributed by atoms with van der Waals surface area (Å²) in [6, 6.07) is 69.1. The monoisotopic (exact) mass is 695 g/mol. The number of benzene rings is 8. The molecule has 0 fully saturated rings. The maximum Gasteiger partial charge on any atom is 0.0646 e.